The van der Waals surface area contributed by atoms with Crippen molar-refractivity contribution < 1.29 is 70.9 Å². The van der Waals surface area contributed by atoms with Gasteiger partial charge in [0.25, 0.3) is 0 Å². The lowest BCUT2D eigenvalue weighted by atomic mass is 9.83. The number of hydrogen-bond acceptors (Lipinski definition) is 8. The minimum atomic E-state index is -5.99. The van der Waals surface area contributed by atoms with E-state index in [4.69, 9.17) is 0 Å². The van der Waals surface area contributed by atoms with Gasteiger partial charge >= 0.3 is 18.9 Å². The van der Waals surface area contributed by atoms with Crippen molar-refractivity contribution in [2.75, 3.05) is 0 Å². The van der Waals surface area contributed by atoms with Gasteiger partial charge in [0.2, 0.25) is 11.5 Å². The molecule has 0 spiro atoms. The Kier molecular flexibility index (Phi) is 9.77. The van der Waals surface area contributed by atoms with Gasteiger partial charge in [-0.3, -0.25) is 0 Å². The molecule has 8 nitrogen and oxygen atoms in total. The summed E-state index contributed by atoms with van der Waals surface area (Å²) >= 11 is 0. The zero-order chi connectivity index (χ0) is 42.7. The van der Waals surface area contributed by atoms with Crippen LogP contribution in [0.4, 0.5) is 61.5 Å². The van der Waals surface area contributed by atoms with Crippen LogP contribution in [-0.4, -0.2) is 12.7 Å². The van der Waals surface area contributed by atoms with Crippen molar-refractivity contribution in [2.45, 2.75) is 18.9 Å². The summed E-state index contributed by atoms with van der Waals surface area (Å²) in [4.78, 5) is 0. The molecule has 0 N–H and O–H groups in total. The van der Waals surface area contributed by atoms with Crippen molar-refractivity contribution in [3.63, 3.8) is 0 Å². The first-order chi connectivity index (χ1) is 26.5. The summed E-state index contributed by atoms with van der Waals surface area (Å²) in [6.45, 7) is 0. The van der Waals surface area contributed by atoms with Gasteiger partial charge in [0, 0.05) is 44.5 Å². The molecule has 0 aliphatic heterocycles. The van der Waals surface area contributed by atoms with Crippen LogP contribution in [0, 0.1) is 97.1 Å². The van der Waals surface area contributed by atoms with Gasteiger partial charge in [-0.1, -0.05) is 0 Å². The molecule has 284 valence electrons. The zero-order valence-electron chi connectivity index (χ0n) is 26.6. The first-order valence-electron chi connectivity index (χ1n) is 14.4. The highest BCUT2D eigenvalue weighted by Gasteiger charge is 2.51. The molecule has 0 heterocycles. The van der Waals surface area contributed by atoms with Crippen LogP contribution in [0.1, 0.15) is 38.9 Å². The maximum Gasteiger partial charge on any atom is 0.573 e. The smallest absolute Gasteiger partial charge is 0.399 e. The van der Waals surface area contributed by atoms with Gasteiger partial charge in [-0.05, 0) is 35.4 Å². The molecule has 0 unspecified atom stereocenters. The van der Waals surface area contributed by atoms with Gasteiger partial charge in [-0.2, -0.15) is 44.7 Å². The molecule has 0 fully saturated rings. The number of rotatable bonds is 4. The van der Waals surface area contributed by atoms with Crippen LogP contribution in [0.2, 0.25) is 0 Å². The predicted octanol–water partition coefficient (Wildman–Crippen LogP) is 9.70. The molecule has 22 heteroatoms. The third-order valence-corrected chi connectivity index (χ3v) is 7.90. The Bertz CT molecular complexity index is 2510. The summed E-state index contributed by atoms with van der Waals surface area (Å²) in [5.41, 5.74) is -22.4. The molecule has 0 saturated carbocycles. The average Bonchev–Trinajstić information content (AvgIpc) is 3.62. The Morgan fingerprint density at radius 3 is 1.00 bits per heavy atom. The zero-order valence-corrected chi connectivity index (χ0v) is 26.6. The molecule has 3 aromatic rings. The highest BCUT2D eigenvalue weighted by molar-refractivity contribution is 6.31. The number of nitrogens with zero attached hydrogens (tertiary/aromatic N) is 6. The number of allylic oxidation sites excluding steroid dienone is 8. The number of benzene rings is 3. The van der Waals surface area contributed by atoms with E-state index in [0.717, 1.165) is 24.3 Å². The minimum Gasteiger partial charge on any atom is -0.399 e. The number of nitriles is 6. The summed E-state index contributed by atoms with van der Waals surface area (Å²) in [6, 6.07) is 6.78. The van der Waals surface area contributed by atoms with Gasteiger partial charge in [0.1, 0.15) is 53.4 Å². The lowest BCUT2D eigenvalue weighted by Gasteiger charge is -2.21. The molecular weight excluding hydrogens is 802 g/mol. The summed E-state index contributed by atoms with van der Waals surface area (Å²) < 4.78 is 207. The maximum atomic E-state index is 17.1. The molecule has 2 aliphatic carbocycles. The minimum absolute atomic E-state index is 0.0449. The highest BCUT2D eigenvalue weighted by atomic mass is 19.4. The van der Waals surface area contributed by atoms with Crippen molar-refractivity contribution in [1.29, 1.82) is 31.6 Å². The standard InChI is InChI=1S/C35H4F14N6O2/c36-17-1-11(2-18(37)31(17)56-34(44,45)46)21-15(9-54)25-27(23(21)13(5-50)6-51)29(33(41,42)43)28-24(14(7-52)8-53)22(16(10-55)26(28)30(25)40)12-3-19(38)32(20(39)4-12)57-35(47,48)49/h1-4H. The number of hydrogen-bond donors (Lipinski definition) is 0. The normalized spacial score (nSPS) is 13.5. The molecule has 0 bridgehead atoms. The van der Waals surface area contributed by atoms with E-state index in [1.807, 2.05) is 0 Å². The molecule has 0 radical (unpaired) electrons. The van der Waals surface area contributed by atoms with Crippen LogP contribution in [0.3, 0.4) is 0 Å². The quantitative estimate of drug-likeness (QED) is 0.186. The lowest BCUT2D eigenvalue weighted by Crippen LogP contribution is -2.19. The van der Waals surface area contributed by atoms with Crippen molar-refractivity contribution in [1.82, 2.24) is 0 Å². The molecule has 3 aromatic carbocycles. The van der Waals surface area contributed by atoms with Crippen LogP contribution in [-0.2, 0) is 6.18 Å². The van der Waals surface area contributed by atoms with E-state index in [1.165, 1.54) is 12.1 Å². The Balaban J connectivity index is 2.05. The van der Waals surface area contributed by atoms with E-state index in [-0.39, 0.29) is 24.3 Å². The molecule has 0 amide bonds. The first kappa shape index (κ1) is 40.4. The van der Waals surface area contributed by atoms with Crippen LogP contribution in [0.25, 0.3) is 33.4 Å². The van der Waals surface area contributed by atoms with Crippen molar-refractivity contribution in [3.05, 3.63) is 103 Å². The second-order valence-electron chi connectivity index (χ2n) is 11.0. The van der Waals surface area contributed by atoms with Crippen LogP contribution < -0.4 is 9.47 Å². The Morgan fingerprint density at radius 1 is 0.474 bits per heavy atom. The van der Waals surface area contributed by atoms with Gasteiger partial charge in [-0.15, -0.1) is 26.3 Å². The number of halogens is 14. The second-order valence-corrected chi connectivity index (χ2v) is 11.0. The molecular formula is C35H4F14N6O2. The fraction of sp³-hybridized carbons (Fsp3) is 0.0857. The van der Waals surface area contributed by atoms with E-state index >= 15 is 17.6 Å². The molecule has 0 aromatic heterocycles. The lowest BCUT2D eigenvalue weighted by molar-refractivity contribution is -0.277. The van der Waals surface area contributed by atoms with E-state index < -0.39 is 143 Å². The summed E-state index contributed by atoms with van der Waals surface area (Å²) in [5, 5.41) is 59.6. The molecule has 0 saturated heterocycles. The van der Waals surface area contributed by atoms with E-state index in [0.29, 0.717) is 0 Å². The van der Waals surface area contributed by atoms with Crippen molar-refractivity contribution in [2.24, 2.45) is 0 Å². The molecule has 5 rings (SSSR count). The summed E-state index contributed by atoms with van der Waals surface area (Å²) in [5.74, 6) is -15.2. The van der Waals surface area contributed by atoms with Crippen LogP contribution in [0.5, 0.6) is 11.5 Å². The fourth-order valence-corrected chi connectivity index (χ4v) is 6.13. The third-order valence-electron chi connectivity index (χ3n) is 7.90. The molecule has 57 heavy (non-hydrogen) atoms. The van der Waals surface area contributed by atoms with Gasteiger partial charge in [-0.25, -0.2) is 22.0 Å². The van der Waals surface area contributed by atoms with Crippen LogP contribution in [0.15, 0.2) is 35.4 Å². The van der Waals surface area contributed by atoms with Gasteiger partial charge < -0.3 is 9.47 Å². The molecule has 2 aliphatic rings. The highest BCUT2D eigenvalue weighted by Crippen LogP contribution is 2.60. The Hall–Kier alpha value is -7.82. The second kappa shape index (κ2) is 13.8. The Labute approximate surface area is 306 Å². The van der Waals surface area contributed by atoms with Gasteiger partial charge in [0.05, 0.1) is 16.7 Å². The van der Waals surface area contributed by atoms with E-state index in [9.17, 15) is 75.5 Å². The number of fused-ring (bicyclic) bond motifs is 2. The average molecular weight is 806 g/mol. The van der Waals surface area contributed by atoms with Crippen LogP contribution >= 0.6 is 0 Å². The Morgan fingerprint density at radius 2 is 0.772 bits per heavy atom. The summed E-state index contributed by atoms with van der Waals surface area (Å²) in [7, 11) is 0. The fourth-order valence-electron chi connectivity index (χ4n) is 6.13. The van der Waals surface area contributed by atoms with Crippen molar-refractivity contribution in [3.8, 4) is 47.9 Å². The third kappa shape index (κ3) is 6.66. The topological polar surface area (TPSA) is 161 Å². The first-order valence-corrected chi connectivity index (χ1v) is 14.4. The van der Waals surface area contributed by atoms with E-state index in [2.05, 4.69) is 9.47 Å². The summed E-state index contributed by atoms with van der Waals surface area (Å²) in [6.07, 6.45) is -17.4. The number of alkyl halides is 9. The predicted molar refractivity (Wildman–Crippen MR) is 159 cm³/mol. The molecule has 0 atom stereocenters. The SMILES string of the molecule is N#CC(C#N)=C1C(c2cc(F)c(OC(F)(F)F)c(F)c2)=C(C#N)c2c(F)c3c(c(C(F)(F)F)c21)C(=C(C#N)C#N)C(c1cc(F)c(OC(F)(F)F)c(F)c1)=C3C#N. The maximum absolute atomic E-state index is 17.1. The van der Waals surface area contributed by atoms with E-state index in [1.54, 1.807) is 0 Å². The monoisotopic (exact) mass is 806 g/mol. The van der Waals surface area contributed by atoms with Gasteiger partial charge in [0.15, 0.2) is 23.3 Å². The number of ether oxygens (including phenoxy) is 2. The van der Waals surface area contributed by atoms with Crippen molar-refractivity contribution >= 4 is 33.4 Å². The largest absolute Gasteiger partial charge is 0.573 e.